The van der Waals surface area contributed by atoms with Crippen LogP contribution in [0, 0.1) is 0 Å². The van der Waals surface area contributed by atoms with E-state index in [1.165, 1.54) is 6.26 Å². The SMILES string of the molecule is O=C(OCc1ccccc1)N1CCCC1c1ccon1. The van der Waals surface area contributed by atoms with Crippen molar-refractivity contribution in [2.75, 3.05) is 6.54 Å². The lowest BCUT2D eigenvalue weighted by atomic mass is 10.1. The van der Waals surface area contributed by atoms with Gasteiger partial charge in [-0.15, -0.1) is 0 Å². The Bertz CT molecular complexity index is 554. The Balaban J connectivity index is 1.62. The molecule has 1 amide bonds. The van der Waals surface area contributed by atoms with Crippen molar-refractivity contribution in [1.29, 1.82) is 0 Å². The van der Waals surface area contributed by atoms with Crippen molar-refractivity contribution in [3.05, 3.63) is 53.9 Å². The molecule has 1 unspecified atom stereocenters. The highest BCUT2D eigenvalue weighted by Crippen LogP contribution is 2.31. The molecule has 1 aromatic carbocycles. The van der Waals surface area contributed by atoms with Crippen LogP contribution in [0.1, 0.15) is 30.1 Å². The molecule has 2 heterocycles. The summed E-state index contributed by atoms with van der Waals surface area (Å²) in [5.41, 5.74) is 1.78. The van der Waals surface area contributed by atoms with Gasteiger partial charge in [0.2, 0.25) is 0 Å². The molecule has 0 radical (unpaired) electrons. The standard InChI is InChI=1S/C15H16N2O3/c18-15(19-11-12-5-2-1-3-6-12)17-9-4-7-14(17)13-8-10-20-16-13/h1-3,5-6,8,10,14H,4,7,9,11H2. The monoisotopic (exact) mass is 272 g/mol. The number of aromatic nitrogens is 1. The zero-order valence-electron chi connectivity index (χ0n) is 11.1. The van der Waals surface area contributed by atoms with Crippen LogP contribution in [0.3, 0.4) is 0 Å². The molecule has 0 bridgehead atoms. The Morgan fingerprint density at radius 3 is 2.95 bits per heavy atom. The normalized spacial score (nSPS) is 18.2. The van der Waals surface area contributed by atoms with Gasteiger partial charge in [-0.25, -0.2) is 4.79 Å². The Labute approximate surface area is 117 Å². The molecule has 5 heteroatoms. The van der Waals surface area contributed by atoms with Gasteiger partial charge in [0, 0.05) is 12.6 Å². The van der Waals surface area contributed by atoms with Crippen LogP contribution in [0.4, 0.5) is 4.79 Å². The van der Waals surface area contributed by atoms with Gasteiger partial charge in [-0.1, -0.05) is 35.5 Å². The van der Waals surface area contributed by atoms with Crippen LogP contribution in [0.5, 0.6) is 0 Å². The zero-order valence-corrected chi connectivity index (χ0v) is 11.1. The van der Waals surface area contributed by atoms with Crippen molar-refractivity contribution in [3.63, 3.8) is 0 Å². The van der Waals surface area contributed by atoms with E-state index in [4.69, 9.17) is 9.26 Å². The minimum atomic E-state index is -0.292. The lowest BCUT2D eigenvalue weighted by Crippen LogP contribution is -2.31. The number of ether oxygens (including phenoxy) is 1. The van der Waals surface area contributed by atoms with Gasteiger partial charge in [-0.3, -0.25) is 4.90 Å². The average Bonchev–Trinajstić information content (AvgIpc) is 3.15. The first-order chi connectivity index (χ1) is 9.84. The van der Waals surface area contributed by atoms with Gasteiger partial charge in [-0.05, 0) is 18.4 Å². The molecular formula is C15H16N2O3. The second-order valence-electron chi connectivity index (χ2n) is 4.82. The van der Waals surface area contributed by atoms with Gasteiger partial charge in [0.05, 0.1) is 6.04 Å². The van der Waals surface area contributed by atoms with Crippen LogP contribution in [-0.2, 0) is 11.3 Å². The first kappa shape index (κ1) is 12.7. The van der Waals surface area contributed by atoms with Gasteiger partial charge < -0.3 is 9.26 Å². The fraction of sp³-hybridized carbons (Fsp3) is 0.333. The molecule has 1 aromatic heterocycles. The van der Waals surface area contributed by atoms with Gasteiger partial charge in [0.25, 0.3) is 0 Å². The van der Waals surface area contributed by atoms with Crippen molar-refractivity contribution < 1.29 is 14.1 Å². The summed E-state index contributed by atoms with van der Waals surface area (Å²) in [6.07, 6.45) is 3.09. The summed E-state index contributed by atoms with van der Waals surface area (Å²) >= 11 is 0. The van der Waals surface area contributed by atoms with Crippen LogP contribution >= 0.6 is 0 Å². The van der Waals surface area contributed by atoms with Gasteiger partial charge in [0.15, 0.2) is 0 Å². The summed E-state index contributed by atoms with van der Waals surface area (Å²) in [5, 5.41) is 3.92. The minimum absolute atomic E-state index is 0.0305. The molecule has 0 spiro atoms. The van der Waals surface area contributed by atoms with Crippen molar-refractivity contribution in [2.45, 2.75) is 25.5 Å². The van der Waals surface area contributed by atoms with Crippen molar-refractivity contribution >= 4 is 6.09 Å². The third-order valence-electron chi connectivity index (χ3n) is 3.49. The molecule has 1 fully saturated rings. The second-order valence-corrected chi connectivity index (χ2v) is 4.82. The summed E-state index contributed by atoms with van der Waals surface area (Å²) < 4.78 is 10.2. The predicted molar refractivity (Wildman–Crippen MR) is 71.8 cm³/mol. The topological polar surface area (TPSA) is 55.6 Å². The zero-order chi connectivity index (χ0) is 13.8. The maximum atomic E-state index is 12.2. The molecule has 5 nitrogen and oxygen atoms in total. The number of amides is 1. The van der Waals surface area contributed by atoms with Crippen LogP contribution in [0.25, 0.3) is 0 Å². The number of rotatable bonds is 3. The highest BCUT2D eigenvalue weighted by molar-refractivity contribution is 5.68. The number of carbonyl (C=O) groups excluding carboxylic acids is 1. The summed E-state index contributed by atoms with van der Waals surface area (Å²) in [4.78, 5) is 13.9. The number of hydrogen-bond donors (Lipinski definition) is 0. The fourth-order valence-electron chi connectivity index (χ4n) is 2.49. The van der Waals surface area contributed by atoms with Gasteiger partial charge >= 0.3 is 6.09 Å². The molecule has 1 saturated heterocycles. The molecular weight excluding hydrogens is 256 g/mol. The Morgan fingerprint density at radius 1 is 1.35 bits per heavy atom. The first-order valence-electron chi connectivity index (χ1n) is 6.72. The van der Waals surface area contributed by atoms with E-state index in [9.17, 15) is 4.79 Å². The largest absolute Gasteiger partial charge is 0.445 e. The van der Waals surface area contributed by atoms with E-state index in [-0.39, 0.29) is 12.1 Å². The van der Waals surface area contributed by atoms with E-state index in [2.05, 4.69) is 5.16 Å². The number of carbonyl (C=O) groups is 1. The lowest BCUT2D eigenvalue weighted by molar-refractivity contribution is 0.0910. The Morgan fingerprint density at radius 2 is 2.20 bits per heavy atom. The summed E-state index contributed by atoms with van der Waals surface area (Å²) in [7, 11) is 0. The van der Waals surface area contributed by atoms with Gasteiger partial charge in [-0.2, -0.15) is 0 Å². The number of benzene rings is 1. The highest BCUT2D eigenvalue weighted by atomic mass is 16.6. The van der Waals surface area contributed by atoms with E-state index in [1.807, 2.05) is 30.3 Å². The van der Waals surface area contributed by atoms with Crippen molar-refractivity contribution in [2.24, 2.45) is 0 Å². The van der Waals surface area contributed by atoms with Crippen LogP contribution in [0.2, 0.25) is 0 Å². The fourth-order valence-corrected chi connectivity index (χ4v) is 2.49. The third kappa shape index (κ3) is 2.66. The predicted octanol–water partition coefficient (Wildman–Crippen LogP) is 3.15. The Kier molecular flexibility index (Phi) is 3.67. The molecule has 20 heavy (non-hydrogen) atoms. The number of likely N-dealkylation sites (tertiary alicyclic amines) is 1. The van der Waals surface area contributed by atoms with Gasteiger partial charge in [0.1, 0.15) is 18.6 Å². The molecule has 1 aliphatic rings. The maximum absolute atomic E-state index is 12.2. The van der Waals surface area contributed by atoms with E-state index in [0.717, 1.165) is 24.1 Å². The van der Waals surface area contributed by atoms with E-state index in [0.29, 0.717) is 13.2 Å². The molecule has 0 aliphatic carbocycles. The number of nitrogens with zero attached hydrogens (tertiary/aromatic N) is 2. The van der Waals surface area contributed by atoms with Crippen molar-refractivity contribution in [1.82, 2.24) is 10.1 Å². The third-order valence-corrected chi connectivity index (χ3v) is 3.49. The molecule has 0 N–H and O–H groups in total. The van der Waals surface area contributed by atoms with E-state index in [1.54, 1.807) is 11.0 Å². The van der Waals surface area contributed by atoms with Crippen molar-refractivity contribution in [3.8, 4) is 0 Å². The lowest BCUT2D eigenvalue weighted by Gasteiger charge is -2.22. The van der Waals surface area contributed by atoms with Crippen LogP contribution in [0.15, 0.2) is 47.2 Å². The summed E-state index contributed by atoms with van der Waals surface area (Å²) in [6, 6.07) is 11.4. The molecule has 1 atom stereocenters. The molecule has 1 aliphatic heterocycles. The molecule has 3 rings (SSSR count). The second kappa shape index (κ2) is 5.77. The summed E-state index contributed by atoms with van der Waals surface area (Å²) in [5.74, 6) is 0. The summed E-state index contributed by atoms with van der Waals surface area (Å²) in [6.45, 7) is 0.993. The number of hydrogen-bond acceptors (Lipinski definition) is 4. The average molecular weight is 272 g/mol. The van der Waals surface area contributed by atoms with Crippen LogP contribution < -0.4 is 0 Å². The molecule has 104 valence electrons. The maximum Gasteiger partial charge on any atom is 0.410 e. The highest BCUT2D eigenvalue weighted by Gasteiger charge is 2.32. The molecule has 2 aromatic rings. The Hall–Kier alpha value is -2.30. The quantitative estimate of drug-likeness (QED) is 0.861. The van der Waals surface area contributed by atoms with E-state index >= 15 is 0 Å². The smallest absolute Gasteiger partial charge is 0.410 e. The minimum Gasteiger partial charge on any atom is -0.445 e. The van der Waals surface area contributed by atoms with E-state index < -0.39 is 0 Å². The van der Waals surface area contributed by atoms with Crippen LogP contribution in [-0.4, -0.2) is 22.7 Å². The first-order valence-corrected chi connectivity index (χ1v) is 6.72. The molecule has 0 saturated carbocycles.